The molecule has 1 amide bonds. The third-order valence-corrected chi connectivity index (χ3v) is 4.57. The first-order chi connectivity index (χ1) is 10.2. The minimum atomic E-state index is 0.383. The fourth-order valence-corrected chi connectivity index (χ4v) is 3.04. The summed E-state index contributed by atoms with van der Waals surface area (Å²) in [6.07, 6.45) is 13.8. The predicted octanol–water partition coefficient (Wildman–Crippen LogP) is 4.07. The van der Waals surface area contributed by atoms with Gasteiger partial charge in [0.1, 0.15) is 0 Å². The zero-order valence-corrected chi connectivity index (χ0v) is 14.4. The van der Waals surface area contributed by atoms with Crippen LogP contribution in [0.2, 0.25) is 0 Å². The van der Waals surface area contributed by atoms with E-state index in [1.165, 1.54) is 51.4 Å². The molecule has 0 aromatic rings. The Bertz CT molecular complexity index is 268. The van der Waals surface area contributed by atoms with Crippen LogP contribution in [0.3, 0.4) is 0 Å². The van der Waals surface area contributed by atoms with Crippen molar-refractivity contribution in [1.29, 1.82) is 0 Å². The largest absolute Gasteiger partial charge is 0.341 e. The summed E-state index contributed by atoms with van der Waals surface area (Å²) in [6.45, 7) is 6.30. The van der Waals surface area contributed by atoms with E-state index in [1.54, 1.807) is 0 Å². The number of hydrogen-bond acceptors (Lipinski definition) is 2. The molecule has 1 heterocycles. The third kappa shape index (κ3) is 9.13. The van der Waals surface area contributed by atoms with Gasteiger partial charge in [0.05, 0.1) is 0 Å². The van der Waals surface area contributed by atoms with E-state index in [0.29, 0.717) is 5.91 Å². The van der Waals surface area contributed by atoms with Crippen LogP contribution in [0.25, 0.3) is 0 Å². The van der Waals surface area contributed by atoms with Gasteiger partial charge in [-0.3, -0.25) is 4.79 Å². The first-order valence-corrected chi connectivity index (χ1v) is 9.20. The first kappa shape index (κ1) is 18.5. The summed E-state index contributed by atoms with van der Waals surface area (Å²) < 4.78 is 0. The molecule has 3 nitrogen and oxygen atoms in total. The SMILES string of the molecule is CCCCCCCCCCCC(=O)N1CCCN(C)CC1. The van der Waals surface area contributed by atoms with Crippen molar-refractivity contribution in [3.05, 3.63) is 0 Å². The highest BCUT2D eigenvalue weighted by Crippen LogP contribution is 2.12. The lowest BCUT2D eigenvalue weighted by molar-refractivity contribution is -0.131. The van der Waals surface area contributed by atoms with Gasteiger partial charge in [-0.25, -0.2) is 0 Å². The zero-order valence-electron chi connectivity index (χ0n) is 14.4. The Hall–Kier alpha value is -0.570. The number of hydrogen-bond donors (Lipinski definition) is 0. The van der Waals surface area contributed by atoms with Gasteiger partial charge in [0, 0.05) is 26.1 Å². The minimum Gasteiger partial charge on any atom is -0.341 e. The quantitative estimate of drug-likeness (QED) is 0.567. The van der Waals surface area contributed by atoms with Crippen molar-refractivity contribution < 1.29 is 4.79 Å². The van der Waals surface area contributed by atoms with Crippen LogP contribution in [0.5, 0.6) is 0 Å². The third-order valence-electron chi connectivity index (χ3n) is 4.57. The Morgan fingerprint density at radius 2 is 1.43 bits per heavy atom. The maximum Gasteiger partial charge on any atom is 0.222 e. The van der Waals surface area contributed by atoms with Crippen molar-refractivity contribution in [2.75, 3.05) is 33.2 Å². The molecule has 1 aliphatic heterocycles. The molecule has 0 unspecified atom stereocenters. The van der Waals surface area contributed by atoms with E-state index in [1.807, 2.05) is 0 Å². The molecule has 0 atom stereocenters. The molecule has 0 bridgehead atoms. The van der Waals surface area contributed by atoms with Gasteiger partial charge in [-0.15, -0.1) is 0 Å². The number of rotatable bonds is 10. The molecule has 0 aromatic carbocycles. The Kier molecular flexibility index (Phi) is 10.6. The Balaban J connectivity index is 1.95. The van der Waals surface area contributed by atoms with Crippen LogP contribution in [0.1, 0.15) is 77.6 Å². The van der Waals surface area contributed by atoms with Gasteiger partial charge in [-0.1, -0.05) is 58.3 Å². The van der Waals surface area contributed by atoms with Crippen LogP contribution < -0.4 is 0 Å². The normalized spacial score (nSPS) is 17.0. The van der Waals surface area contributed by atoms with E-state index in [0.717, 1.165) is 45.4 Å². The molecular weight excluding hydrogens is 260 g/mol. The fourth-order valence-electron chi connectivity index (χ4n) is 3.04. The first-order valence-electron chi connectivity index (χ1n) is 9.20. The number of likely N-dealkylation sites (N-methyl/N-ethyl adjacent to an activating group) is 1. The Morgan fingerprint density at radius 1 is 0.810 bits per heavy atom. The maximum atomic E-state index is 12.2. The number of unbranched alkanes of at least 4 members (excludes halogenated alkanes) is 8. The summed E-state index contributed by atoms with van der Waals surface area (Å²) in [5.41, 5.74) is 0. The number of nitrogens with zero attached hydrogens (tertiary/aromatic N) is 2. The maximum absolute atomic E-state index is 12.2. The van der Waals surface area contributed by atoms with Crippen molar-refractivity contribution in [3.63, 3.8) is 0 Å². The average Bonchev–Trinajstić information content (AvgIpc) is 2.70. The summed E-state index contributed by atoms with van der Waals surface area (Å²) in [4.78, 5) is 16.6. The van der Waals surface area contributed by atoms with Crippen LogP contribution in [0.4, 0.5) is 0 Å². The van der Waals surface area contributed by atoms with Crippen molar-refractivity contribution >= 4 is 5.91 Å². The molecule has 124 valence electrons. The second kappa shape index (κ2) is 12.0. The second-order valence-corrected chi connectivity index (χ2v) is 6.62. The second-order valence-electron chi connectivity index (χ2n) is 6.62. The summed E-state index contributed by atoms with van der Waals surface area (Å²) in [5.74, 6) is 0.383. The molecule has 0 spiro atoms. The van der Waals surface area contributed by atoms with Gasteiger partial charge in [0.2, 0.25) is 5.91 Å². The monoisotopic (exact) mass is 296 g/mol. The van der Waals surface area contributed by atoms with Crippen molar-refractivity contribution in [2.45, 2.75) is 77.6 Å². The molecule has 3 heteroatoms. The van der Waals surface area contributed by atoms with Crippen LogP contribution >= 0.6 is 0 Å². The number of carbonyl (C=O) groups is 1. The van der Waals surface area contributed by atoms with E-state index >= 15 is 0 Å². The average molecular weight is 296 g/mol. The number of amides is 1. The van der Waals surface area contributed by atoms with Gasteiger partial charge in [0.25, 0.3) is 0 Å². The highest BCUT2D eigenvalue weighted by Gasteiger charge is 2.16. The summed E-state index contributed by atoms with van der Waals surface area (Å²) in [7, 11) is 2.15. The van der Waals surface area contributed by atoms with Gasteiger partial charge in [0.15, 0.2) is 0 Å². The van der Waals surface area contributed by atoms with Gasteiger partial charge in [-0.2, -0.15) is 0 Å². The lowest BCUT2D eigenvalue weighted by Crippen LogP contribution is -2.34. The van der Waals surface area contributed by atoms with Crippen molar-refractivity contribution in [2.24, 2.45) is 0 Å². The molecular formula is C18H36N2O. The van der Waals surface area contributed by atoms with E-state index in [2.05, 4.69) is 23.8 Å². The summed E-state index contributed by atoms with van der Waals surface area (Å²) in [6, 6.07) is 0. The molecule has 0 saturated carbocycles. The van der Waals surface area contributed by atoms with E-state index in [9.17, 15) is 4.79 Å². The highest BCUT2D eigenvalue weighted by molar-refractivity contribution is 5.76. The van der Waals surface area contributed by atoms with Gasteiger partial charge >= 0.3 is 0 Å². The van der Waals surface area contributed by atoms with Crippen LogP contribution in [0, 0.1) is 0 Å². The van der Waals surface area contributed by atoms with E-state index < -0.39 is 0 Å². The summed E-state index contributed by atoms with van der Waals surface area (Å²) in [5, 5.41) is 0. The Labute approximate surface area is 132 Å². The fraction of sp³-hybridized carbons (Fsp3) is 0.944. The molecule has 1 rings (SSSR count). The van der Waals surface area contributed by atoms with E-state index in [4.69, 9.17) is 0 Å². The molecule has 21 heavy (non-hydrogen) atoms. The van der Waals surface area contributed by atoms with Crippen molar-refractivity contribution in [3.8, 4) is 0 Å². The van der Waals surface area contributed by atoms with Crippen LogP contribution in [-0.4, -0.2) is 48.9 Å². The molecule has 1 aliphatic rings. The molecule has 0 radical (unpaired) electrons. The van der Waals surface area contributed by atoms with E-state index in [-0.39, 0.29) is 0 Å². The van der Waals surface area contributed by atoms with Gasteiger partial charge < -0.3 is 9.80 Å². The lowest BCUT2D eigenvalue weighted by atomic mass is 10.1. The molecule has 0 aliphatic carbocycles. The molecule has 1 fully saturated rings. The smallest absolute Gasteiger partial charge is 0.222 e. The van der Waals surface area contributed by atoms with Crippen LogP contribution in [0.15, 0.2) is 0 Å². The number of carbonyl (C=O) groups excluding carboxylic acids is 1. The Morgan fingerprint density at radius 3 is 2.10 bits per heavy atom. The molecule has 0 N–H and O–H groups in total. The summed E-state index contributed by atoms with van der Waals surface area (Å²) >= 11 is 0. The van der Waals surface area contributed by atoms with Crippen LogP contribution in [-0.2, 0) is 4.79 Å². The minimum absolute atomic E-state index is 0.383. The topological polar surface area (TPSA) is 23.6 Å². The molecule has 1 saturated heterocycles. The molecule has 0 aromatic heterocycles. The standard InChI is InChI=1S/C18H36N2O/c1-3-4-5-6-7-8-9-10-11-13-18(21)20-15-12-14-19(2)16-17-20/h3-17H2,1-2H3. The predicted molar refractivity (Wildman–Crippen MR) is 90.5 cm³/mol. The lowest BCUT2D eigenvalue weighted by Gasteiger charge is -2.20. The van der Waals surface area contributed by atoms with Crippen molar-refractivity contribution in [1.82, 2.24) is 9.80 Å². The van der Waals surface area contributed by atoms with Gasteiger partial charge in [-0.05, 0) is 26.4 Å². The highest BCUT2D eigenvalue weighted by atomic mass is 16.2. The zero-order chi connectivity index (χ0) is 15.3.